The monoisotopic (exact) mass is 277 g/mol. The van der Waals surface area contributed by atoms with Crippen LogP contribution in [-0.4, -0.2) is 60.3 Å². The smallest absolute Gasteiger partial charge is 0.0829 e. The molecule has 2 heterocycles. The van der Waals surface area contributed by atoms with Crippen molar-refractivity contribution in [2.75, 3.05) is 39.8 Å². The van der Waals surface area contributed by atoms with E-state index in [1.165, 1.54) is 25.1 Å². The van der Waals surface area contributed by atoms with E-state index in [1.54, 1.807) is 0 Å². The molecule has 1 aromatic heterocycles. The molecular formula is C16H27N3O. The summed E-state index contributed by atoms with van der Waals surface area (Å²) >= 11 is 0. The van der Waals surface area contributed by atoms with Crippen LogP contribution in [0.1, 0.15) is 18.5 Å². The average molecular weight is 277 g/mol. The van der Waals surface area contributed by atoms with Crippen LogP contribution in [-0.2, 0) is 18.3 Å². The van der Waals surface area contributed by atoms with Crippen LogP contribution >= 0.6 is 0 Å². The van der Waals surface area contributed by atoms with E-state index in [-0.39, 0.29) is 0 Å². The van der Waals surface area contributed by atoms with Gasteiger partial charge in [-0.05, 0) is 37.9 Å². The second kappa shape index (κ2) is 6.29. The highest BCUT2D eigenvalue weighted by Gasteiger charge is 2.27. The molecule has 2 aliphatic rings. The highest BCUT2D eigenvalue weighted by molar-refractivity contribution is 5.06. The first-order chi connectivity index (χ1) is 9.70. The van der Waals surface area contributed by atoms with Crippen LogP contribution in [0, 0.1) is 5.92 Å². The van der Waals surface area contributed by atoms with Gasteiger partial charge in [0.2, 0.25) is 0 Å². The minimum absolute atomic E-state index is 0.368. The summed E-state index contributed by atoms with van der Waals surface area (Å²) < 4.78 is 8.17. The standard InChI is InChI=1S/C16H27N3O/c1-17-8-9-20-16(12-17)13-19(10-14-5-6-14)11-15-4-3-7-18(15)2/h3-4,7,14,16H,5-6,8-13H2,1-2H3. The molecule has 4 heteroatoms. The van der Waals surface area contributed by atoms with Crippen LogP contribution in [0.2, 0.25) is 0 Å². The van der Waals surface area contributed by atoms with Crippen LogP contribution in [0.5, 0.6) is 0 Å². The zero-order chi connectivity index (χ0) is 13.9. The molecule has 3 rings (SSSR count). The molecule has 0 spiro atoms. The summed E-state index contributed by atoms with van der Waals surface area (Å²) in [6.07, 6.45) is 5.33. The molecule has 2 fully saturated rings. The first-order valence-electron chi connectivity index (χ1n) is 7.83. The maximum absolute atomic E-state index is 5.94. The molecule has 1 aliphatic heterocycles. The lowest BCUT2D eigenvalue weighted by atomic mass is 10.2. The van der Waals surface area contributed by atoms with Gasteiger partial charge < -0.3 is 14.2 Å². The van der Waals surface area contributed by atoms with Crippen molar-refractivity contribution in [1.29, 1.82) is 0 Å². The summed E-state index contributed by atoms with van der Waals surface area (Å²) in [6, 6.07) is 4.36. The van der Waals surface area contributed by atoms with Crippen molar-refractivity contribution < 1.29 is 4.74 Å². The van der Waals surface area contributed by atoms with Crippen molar-refractivity contribution in [2.45, 2.75) is 25.5 Å². The van der Waals surface area contributed by atoms with Crippen LogP contribution in [0.4, 0.5) is 0 Å². The molecule has 4 nitrogen and oxygen atoms in total. The van der Waals surface area contributed by atoms with Gasteiger partial charge in [-0.1, -0.05) is 0 Å². The second-order valence-electron chi connectivity index (χ2n) is 6.50. The van der Waals surface area contributed by atoms with Crippen molar-refractivity contribution in [3.8, 4) is 0 Å². The zero-order valence-electron chi connectivity index (χ0n) is 12.8. The molecule has 0 radical (unpaired) electrons. The topological polar surface area (TPSA) is 20.6 Å². The second-order valence-corrected chi connectivity index (χ2v) is 6.50. The van der Waals surface area contributed by atoms with Gasteiger partial charge in [0.25, 0.3) is 0 Å². The largest absolute Gasteiger partial charge is 0.374 e. The number of hydrogen-bond donors (Lipinski definition) is 0. The third kappa shape index (κ3) is 3.84. The SMILES string of the molecule is CN1CCOC(CN(Cc2cccn2C)CC2CC2)C1. The van der Waals surface area contributed by atoms with Gasteiger partial charge in [0.15, 0.2) is 0 Å². The van der Waals surface area contributed by atoms with Gasteiger partial charge in [-0.25, -0.2) is 0 Å². The zero-order valence-corrected chi connectivity index (χ0v) is 12.8. The summed E-state index contributed by atoms with van der Waals surface area (Å²) in [5.41, 5.74) is 1.40. The quantitative estimate of drug-likeness (QED) is 0.787. The Balaban J connectivity index is 1.58. The van der Waals surface area contributed by atoms with E-state index in [0.29, 0.717) is 6.10 Å². The van der Waals surface area contributed by atoms with Gasteiger partial charge >= 0.3 is 0 Å². The summed E-state index contributed by atoms with van der Waals surface area (Å²) in [5, 5.41) is 0. The van der Waals surface area contributed by atoms with Crippen molar-refractivity contribution in [3.05, 3.63) is 24.0 Å². The normalized spacial score (nSPS) is 24.4. The van der Waals surface area contributed by atoms with Crippen LogP contribution in [0.3, 0.4) is 0 Å². The summed E-state index contributed by atoms with van der Waals surface area (Å²) in [7, 11) is 4.33. The predicted octanol–water partition coefficient (Wildman–Crippen LogP) is 1.57. The van der Waals surface area contributed by atoms with Crippen LogP contribution in [0.15, 0.2) is 18.3 Å². The first-order valence-corrected chi connectivity index (χ1v) is 7.83. The Morgan fingerprint density at radius 3 is 2.80 bits per heavy atom. The Kier molecular flexibility index (Phi) is 4.44. The van der Waals surface area contributed by atoms with Crippen molar-refractivity contribution in [3.63, 3.8) is 0 Å². The molecule has 0 N–H and O–H groups in total. The lowest BCUT2D eigenvalue weighted by molar-refractivity contribution is -0.0375. The van der Waals surface area contributed by atoms with Crippen molar-refractivity contribution >= 4 is 0 Å². The predicted molar refractivity (Wildman–Crippen MR) is 80.7 cm³/mol. The molecule has 0 aromatic carbocycles. The van der Waals surface area contributed by atoms with Gasteiger partial charge in [0.1, 0.15) is 0 Å². The van der Waals surface area contributed by atoms with Gasteiger partial charge in [-0.15, -0.1) is 0 Å². The number of likely N-dealkylation sites (N-methyl/N-ethyl adjacent to an activating group) is 1. The number of rotatable bonds is 6. The highest BCUT2D eigenvalue weighted by Crippen LogP contribution is 2.30. The number of ether oxygens (including phenoxy) is 1. The molecule has 1 saturated carbocycles. The fourth-order valence-electron chi connectivity index (χ4n) is 3.02. The third-order valence-electron chi connectivity index (χ3n) is 4.45. The van der Waals surface area contributed by atoms with Gasteiger partial charge in [0, 0.05) is 51.7 Å². The summed E-state index contributed by atoms with van der Waals surface area (Å²) in [6.45, 7) is 6.35. The minimum atomic E-state index is 0.368. The van der Waals surface area contributed by atoms with E-state index in [9.17, 15) is 0 Å². The summed E-state index contributed by atoms with van der Waals surface area (Å²) in [5.74, 6) is 0.927. The molecule has 112 valence electrons. The Labute approximate surface area is 122 Å². The van der Waals surface area contributed by atoms with Crippen molar-refractivity contribution in [1.82, 2.24) is 14.4 Å². The maximum Gasteiger partial charge on any atom is 0.0829 e. The Hall–Kier alpha value is -0.840. The van der Waals surface area contributed by atoms with Gasteiger partial charge in [-0.3, -0.25) is 4.90 Å². The third-order valence-corrected chi connectivity index (χ3v) is 4.45. The van der Waals surface area contributed by atoms with E-state index >= 15 is 0 Å². The Morgan fingerprint density at radius 1 is 1.30 bits per heavy atom. The van der Waals surface area contributed by atoms with Crippen LogP contribution in [0.25, 0.3) is 0 Å². The average Bonchev–Trinajstić information content (AvgIpc) is 3.13. The number of nitrogens with zero attached hydrogens (tertiary/aromatic N) is 3. The van der Waals surface area contributed by atoms with Crippen LogP contribution < -0.4 is 0 Å². The fourth-order valence-corrected chi connectivity index (χ4v) is 3.02. The first kappa shape index (κ1) is 14.1. The maximum atomic E-state index is 5.94. The Morgan fingerprint density at radius 2 is 2.15 bits per heavy atom. The highest BCUT2D eigenvalue weighted by atomic mass is 16.5. The molecule has 1 aliphatic carbocycles. The van der Waals surface area contributed by atoms with Crippen molar-refractivity contribution in [2.24, 2.45) is 13.0 Å². The number of aromatic nitrogens is 1. The number of hydrogen-bond acceptors (Lipinski definition) is 3. The molecule has 0 bridgehead atoms. The van der Waals surface area contributed by atoms with E-state index in [0.717, 1.165) is 38.7 Å². The molecule has 1 saturated heterocycles. The lowest BCUT2D eigenvalue weighted by Crippen LogP contribution is -2.46. The molecule has 1 atom stereocenters. The molecule has 1 aromatic rings. The number of morpholine rings is 1. The minimum Gasteiger partial charge on any atom is -0.374 e. The van der Waals surface area contributed by atoms with Gasteiger partial charge in [0.05, 0.1) is 12.7 Å². The van der Waals surface area contributed by atoms with E-state index in [4.69, 9.17) is 4.74 Å². The molecule has 1 unspecified atom stereocenters. The molecule has 0 amide bonds. The van der Waals surface area contributed by atoms with E-state index in [2.05, 4.69) is 46.8 Å². The number of aryl methyl sites for hydroxylation is 1. The Bertz CT molecular complexity index is 427. The fraction of sp³-hybridized carbons (Fsp3) is 0.750. The van der Waals surface area contributed by atoms with Gasteiger partial charge in [-0.2, -0.15) is 0 Å². The van der Waals surface area contributed by atoms with E-state index in [1.807, 2.05) is 0 Å². The molecular weight excluding hydrogens is 250 g/mol. The van der Waals surface area contributed by atoms with E-state index < -0.39 is 0 Å². The molecule has 20 heavy (non-hydrogen) atoms. The lowest BCUT2D eigenvalue weighted by Gasteiger charge is -2.34. The summed E-state index contributed by atoms with van der Waals surface area (Å²) in [4.78, 5) is 4.98.